The molecule has 2 saturated carbocycles. The highest BCUT2D eigenvalue weighted by atomic mass is 32.1. The Labute approximate surface area is 98.2 Å². The van der Waals surface area contributed by atoms with Crippen LogP contribution in [0.15, 0.2) is 0 Å². The lowest BCUT2D eigenvalue weighted by atomic mass is 9.89. The van der Waals surface area contributed by atoms with E-state index < -0.39 is 0 Å². The van der Waals surface area contributed by atoms with Crippen molar-refractivity contribution in [2.24, 2.45) is 17.8 Å². The van der Waals surface area contributed by atoms with E-state index in [0.29, 0.717) is 0 Å². The van der Waals surface area contributed by atoms with Gasteiger partial charge in [0.15, 0.2) is 5.11 Å². The van der Waals surface area contributed by atoms with Crippen molar-refractivity contribution in [2.75, 3.05) is 13.1 Å². The number of hydrogen-bond acceptors (Lipinski definition) is 1. The maximum atomic E-state index is 5.22. The topological polar surface area (TPSA) is 24.1 Å². The van der Waals surface area contributed by atoms with E-state index in [1.165, 1.54) is 25.7 Å². The molecular weight excluding hydrogens is 204 g/mol. The Hall–Kier alpha value is -0.310. The first-order valence-corrected chi connectivity index (χ1v) is 6.72. The molecule has 0 aromatic heterocycles. The van der Waals surface area contributed by atoms with Crippen molar-refractivity contribution >= 4 is 17.3 Å². The predicted octanol–water partition coefficient (Wildman–Crippen LogP) is 2.30. The molecule has 2 N–H and O–H groups in total. The molecule has 3 heteroatoms. The predicted molar refractivity (Wildman–Crippen MR) is 67.8 cm³/mol. The van der Waals surface area contributed by atoms with Crippen LogP contribution in [-0.4, -0.2) is 18.2 Å². The van der Waals surface area contributed by atoms with Gasteiger partial charge in [-0.1, -0.05) is 13.3 Å². The minimum atomic E-state index is 0.847. The summed E-state index contributed by atoms with van der Waals surface area (Å²) in [7, 11) is 0. The third kappa shape index (κ3) is 2.83. The maximum Gasteiger partial charge on any atom is 0.166 e. The molecule has 2 aliphatic carbocycles. The average molecular weight is 226 g/mol. The third-order valence-electron chi connectivity index (χ3n) is 3.94. The molecule has 0 heterocycles. The molecular formula is C12H22N2S. The van der Waals surface area contributed by atoms with Crippen LogP contribution in [0.3, 0.4) is 0 Å². The van der Waals surface area contributed by atoms with Crippen LogP contribution >= 0.6 is 12.2 Å². The van der Waals surface area contributed by atoms with Crippen LogP contribution in [0, 0.1) is 17.8 Å². The van der Waals surface area contributed by atoms with Crippen molar-refractivity contribution < 1.29 is 0 Å². The zero-order valence-corrected chi connectivity index (χ0v) is 10.4. The Bertz CT molecular complexity index is 230. The molecule has 2 bridgehead atoms. The fraction of sp³-hybridized carbons (Fsp3) is 0.917. The van der Waals surface area contributed by atoms with E-state index in [2.05, 4.69) is 17.6 Å². The van der Waals surface area contributed by atoms with Gasteiger partial charge in [0.2, 0.25) is 0 Å². The summed E-state index contributed by atoms with van der Waals surface area (Å²) in [5.41, 5.74) is 0. The first kappa shape index (κ1) is 11.2. The van der Waals surface area contributed by atoms with Crippen molar-refractivity contribution in [1.29, 1.82) is 0 Å². The third-order valence-corrected chi connectivity index (χ3v) is 4.23. The van der Waals surface area contributed by atoms with Gasteiger partial charge in [0.25, 0.3) is 0 Å². The van der Waals surface area contributed by atoms with Gasteiger partial charge in [0.05, 0.1) is 0 Å². The van der Waals surface area contributed by atoms with Gasteiger partial charge in [-0.15, -0.1) is 0 Å². The molecule has 2 aliphatic rings. The molecule has 0 saturated heterocycles. The second-order valence-corrected chi connectivity index (χ2v) is 5.48. The van der Waals surface area contributed by atoms with Crippen LogP contribution in [0.5, 0.6) is 0 Å². The van der Waals surface area contributed by atoms with Crippen LogP contribution in [-0.2, 0) is 0 Å². The molecule has 0 aromatic rings. The number of fused-ring (bicyclic) bond motifs is 2. The first-order chi connectivity index (χ1) is 7.29. The molecule has 3 atom stereocenters. The van der Waals surface area contributed by atoms with Crippen molar-refractivity contribution in [3.8, 4) is 0 Å². The van der Waals surface area contributed by atoms with Crippen LogP contribution < -0.4 is 10.6 Å². The van der Waals surface area contributed by atoms with Gasteiger partial charge in [0, 0.05) is 13.1 Å². The lowest BCUT2D eigenvalue weighted by Crippen LogP contribution is -2.39. The molecule has 0 amide bonds. The molecule has 0 unspecified atom stereocenters. The quantitative estimate of drug-likeness (QED) is 0.719. The minimum absolute atomic E-state index is 0.847. The van der Waals surface area contributed by atoms with Gasteiger partial charge in [-0.2, -0.15) is 0 Å². The van der Waals surface area contributed by atoms with Crippen LogP contribution in [0.2, 0.25) is 0 Å². The smallest absolute Gasteiger partial charge is 0.166 e. The summed E-state index contributed by atoms with van der Waals surface area (Å²) in [5, 5.41) is 7.43. The maximum absolute atomic E-state index is 5.22. The fourth-order valence-electron chi connectivity index (χ4n) is 3.15. The second kappa shape index (κ2) is 5.15. The van der Waals surface area contributed by atoms with E-state index in [1.807, 2.05) is 0 Å². The summed E-state index contributed by atoms with van der Waals surface area (Å²) < 4.78 is 0. The van der Waals surface area contributed by atoms with E-state index in [1.54, 1.807) is 0 Å². The van der Waals surface area contributed by atoms with Crippen LogP contribution in [0.25, 0.3) is 0 Å². The van der Waals surface area contributed by atoms with Crippen LogP contribution in [0.4, 0.5) is 0 Å². The Kier molecular flexibility index (Phi) is 3.84. The lowest BCUT2D eigenvalue weighted by molar-refractivity contribution is 0.332. The number of nitrogens with one attached hydrogen (secondary N) is 2. The summed E-state index contributed by atoms with van der Waals surface area (Å²) in [4.78, 5) is 0. The Morgan fingerprint density at radius 2 is 2.13 bits per heavy atom. The summed E-state index contributed by atoms with van der Waals surface area (Å²) in [6.07, 6.45) is 7.01. The highest BCUT2D eigenvalue weighted by molar-refractivity contribution is 7.80. The van der Waals surface area contributed by atoms with Gasteiger partial charge in [-0.25, -0.2) is 0 Å². The van der Waals surface area contributed by atoms with Gasteiger partial charge >= 0.3 is 0 Å². The Balaban J connectivity index is 1.64. The minimum Gasteiger partial charge on any atom is -0.363 e. The highest BCUT2D eigenvalue weighted by Gasteiger charge is 2.39. The molecule has 0 aliphatic heterocycles. The van der Waals surface area contributed by atoms with Crippen molar-refractivity contribution in [3.05, 3.63) is 0 Å². The first-order valence-electron chi connectivity index (χ1n) is 6.31. The summed E-state index contributed by atoms with van der Waals surface area (Å²) >= 11 is 5.22. The summed E-state index contributed by atoms with van der Waals surface area (Å²) in [5.74, 6) is 2.93. The second-order valence-electron chi connectivity index (χ2n) is 5.07. The molecule has 86 valence electrons. The molecule has 0 aromatic carbocycles. The normalized spacial score (nSPS) is 33.0. The van der Waals surface area contributed by atoms with Crippen LogP contribution in [0.1, 0.15) is 39.0 Å². The summed E-state index contributed by atoms with van der Waals surface area (Å²) in [6.45, 7) is 4.24. The number of hydrogen-bond donors (Lipinski definition) is 2. The lowest BCUT2D eigenvalue weighted by Gasteiger charge is -2.22. The summed E-state index contributed by atoms with van der Waals surface area (Å²) in [6, 6.07) is 0. The zero-order chi connectivity index (χ0) is 10.7. The largest absolute Gasteiger partial charge is 0.363 e. The molecule has 0 radical (unpaired) electrons. The van der Waals surface area contributed by atoms with Crippen molar-refractivity contribution in [3.63, 3.8) is 0 Å². The SMILES string of the molecule is CCCNC(=S)NC[C@H]1C[C@@H]2CC[C@@H]1C2. The monoisotopic (exact) mass is 226 g/mol. The molecule has 15 heavy (non-hydrogen) atoms. The van der Waals surface area contributed by atoms with Gasteiger partial charge in [-0.3, -0.25) is 0 Å². The fourth-order valence-corrected chi connectivity index (χ4v) is 3.34. The molecule has 0 spiro atoms. The molecule has 2 rings (SSSR count). The van der Waals surface area contributed by atoms with Gasteiger partial charge in [0.1, 0.15) is 0 Å². The Morgan fingerprint density at radius 3 is 2.73 bits per heavy atom. The standard InChI is InChI=1S/C12H22N2S/c1-2-5-13-12(15)14-8-11-7-9-3-4-10(11)6-9/h9-11H,2-8H2,1H3,(H2,13,14,15)/t9-,10-,11-/m1/s1. The van der Waals surface area contributed by atoms with E-state index in [4.69, 9.17) is 12.2 Å². The number of thiocarbonyl (C=S) groups is 1. The Morgan fingerprint density at radius 1 is 1.27 bits per heavy atom. The zero-order valence-electron chi connectivity index (χ0n) is 9.59. The van der Waals surface area contributed by atoms with E-state index >= 15 is 0 Å². The van der Waals surface area contributed by atoms with E-state index in [9.17, 15) is 0 Å². The van der Waals surface area contributed by atoms with E-state index in [0.717, 1.165) is 42.4 Å². The van der Waals surface area contributed by atoms with Gasteiger partial charge < -0.3 is 10.6 Å². The van der Waals surface area contributed by atoms with Crippen molar-refractivity contribution in [2.45, 2.75) is 39.0 Å². The average Bonchev–Trinajstić information content (AvgIpc) is 2.84. The number of rotatable bonds is 4. The highest BCUT2D eigenvalue weighted by Crippen LogP contribution is 2.47. The van der Waals surface area contributed by atoms with Crippen molar-refractivity contribution in [1.82, 2.24) is 10.6 Å². The molecule has 2 nitrogen and oxygen atoms in total. The van der Waals surface area contributed by atoms with Gasteiger partial charge in [-0.05, 0) is 55.7 Å². The van der Waals surface area contributed by atoms with E-state index in [-0.39, 0.29) is 0 Å². The molecule has 2 fully saturated rings.